The molecular weight excluding hydrogens is 320 g/mol. The SMILES string of the molecule is CCOC(=O)NNC(=O)c1ccccc1C(=O)c1ccc(C)c(C)c1. The lowest BCUT2D eigenvalue weighted by atomic mass is 9.96. The molecule has 2 aromatic rings. The Morgan fingerprint density at radius 2 is 1.60 bits per heavy atom. The van der Waals surface area contributed by atoms with Crippen molar-refractivity contribution in [3.63, 3.8) is 0 Å². The molecule has 0 atom stereocenters. The molecule has 0 heterocycles. The Labute approximate surface area is 146 Å². The third-order valence-electron chi connectivity index (χ3n) is 3.74. The van der Waals surface area contributed by atoms with E-state index in [9.17, 15) is 14.4 Å². The Balaban J connectivity index is 2.24. The smallest absolute Gasteiger partial charge is 0.426 e. The van der Waals surface area contributed by atoms with Crippen LogP contribution in [0.1, 0.15) is 44.3 Å². The Hall–Kier alpha value is -3.15. The van der Waals surface area contributed by atoms with Crippen molar-refractivity contribution in [2.24, 2.45) is 0 Å². The Morgan fingerprint density at radius 3 is 2.24 bits per heavy atom. The average molecular weight is 340 g/mol. The van der Waals surface area contributed by atoms with Crippen LogP contribution in [-0.4, -0.2) is 24.4 Å². The minimum absolute atomic E-state index is 0.169. The number of hydrazine groups is 1. The largest absolute Gasteiger partial charge is 0.449 e. The van der Waals surface area contributed by atoms with E-state index in [-0.39, 0.29) is 23.5 Å². The highest BCUT2D eigenvalue weighted by molar-refractivity contribution is 6.15. The summed E-state index contributed by atoms with van der Waals surface area (Å²) in [5, 5.41) is 0. The lowest BCUT2D eigenvalue weighted by Gasteiger charge is -2.11. The van der Waals surface area contributed by atoms with E-state index >= 15 is 0 Å². The summed E-state index contributed by atoms with van der Waals surface area (Å²) in [5.74, 6) is -0.856. The summed E-state index contributed by atoms with van der Waals surface area (Å²) in [6.07, 6.45) is -0.770. The lowest BCUT2D eigenvalue weighted by molar-refractivity contribution is 0.0905. The summed E-state index contributed by atoms with van der Waals surface area (Å²) >= 11 is 0. The normalized spacial score (nSPS) is 10.0. The first-order valence-corrected chi connectivity index (χ1v) is 7.88. The maximum Gasteiger partial charge on any atom is 0.426 e. The maximum atomic E-state index is 12.8. The molecule has 2 amide bonds. The van der Waals surface area contributed by atoms with Gasteiger partial charge in [0.15, 0.2) is 5.78 Å². The highest BCUT2D eigenvalue weighted by atomic mass is 16.5. The Morgan fingerprint density at radius 1 is 0.920 bits per heavy atom. The second-order valence-electron chi connectivity index (χ2n) is 5.47. The summed E-state index contributed by atoms with van der Waals surface area (Å²) in [6.45, 7) is 5.72. The molecule has 6 heteroatoms. The van der Waals surface area contributed by atoms with Crippen molar-refractivity contribution in [2.45, 2.75) is 20.8 Å². The van der Waals surface area contributed by atoms with Crippen LogP contribution in [0.3, 0.4) is 0 Å². The van der Waals surface area contributed by atoms with E-state index in [1.54, 1.807) is 37.3 Å². The number of nitrogens with one attached hydrogen (secondary N) is 2. The van der Waals surface area contributed by atoms with Crippen molar-refractivity contribution in [2.75, 3.05) is 6.61 Å². The van der Waals surface area contributed by atoms with Gasteiger partial charge in [-0.3, -0.25) is 15.0 Å². The molecule has 0 unspecified atom stereocenters. The first-order chi connectivity index (χ1) is 11.9. The van der Waals surface area contributed by atoms with Gasteiger partial charge in [-0.05, 0) is 44.0 Å². The fourth-order valence-electron chi connectivity index (χ4n) is 2.26. The molecule has 2 aromatic carbocycles. The number of ketones is 1. The zero-order valence-corrected chi connectivity index (χ0v) is 14.4. The van der Waals surface area contributed by atoms with Crippen molar-refractivity contribution in [1.82, 2.24) is 10.9 Å². The van der Waals surface area contributed by atoms with Crippen LogP contribution >= 0.6 is 0 Å². The number of hydrogen-bond donors (Lipinski definition) is 2. The van der Waals surface area contributed by atoms with E-state index in [0.29, 0.717) is 5.56 Å². The van der Waals surface area contributed by atoms with E-state index in [1.807, 2.05) is 19.9 Å². The van der Waals surface area contributed by atoms with E-state index < -0.39 is 12.0 Å². The van der Waals surface area contributed by atoms with Gasteiger partial charge in [-0.2, -0.15) is 0 Å². The average Bonchev–Trinajstić information content (AvgIpc) is 2.61. The van der Waals surface area contributed by atoms with E-state index in [1.165, 1.54) is 6.07 Å². The fraction of sp³-hybridized carbons (Fsp3) is 0.211. The van der Waals surface area contributed by atoms with Gasteiger partial charge in [0.05, 0.1) is 12.2 Å². The van der Waals surface area contributed by atoms with E-state index in [4.69, 9.17) is 0 Å². The number of hydrogen-bond acceptors (Lipinski definition) is 4. The van der Waals surface area contributed by atoms with Crippen LogP contribution in [0.25, 0.3) is 0 Å². The van der Waals surface area contributed by atoms with Crippen LogP contribution in [0.4, 0.5) is 4.79 Å². The van der Waals surface area contributed by atoms with Gasteiger partial charge in [-0.1, -0.05) is 30.3 Å². The molecule has 2 N–H and O–H groups in total. The summed E-state index contributed by atoms with van der Waals surface area (Å²) < 4.78 is 4.67. The van der Waals surface area contributed by atoms with Crippen LogP contribution < -0.4 is 10.9 Å². The highest BCUT2D eigenvalue weighted by Gasteiger charge is 2.18. The second-order valence-corrected chi connectivity index (χ2v) is 5.47. The van der Waals surface area contributed by atoms with Gasteiger partial charge in [-0.25, -0.2) is 10.2 Å². The number of carbonyl (C=O) groups is 3. The zero-order valence-electron chi connectivity index (χ0n) is 14.4. The van der Waals surface area contributed by atoms with Crippen molar-refractivity contribution >= 4 is 17.8 Å². The quantitative estimate of drug-likeness (QED) is 0.662. The van der Waals surface area contributed by atoms with Gasteiger partial charge in [0, 0.05) is 11.1 Å². The molecule has 0 spiro atoms. The van der Waals surface area contributed by atoms with Crippen molar-refractivity contribution in [3.8, 4) is 0 Å². The number of benzene rings is 2. The number of carbonyl (C=O) groups excluding carboxylic acids is 3. The minimum atomic E-state index is -0.770. The minimum Gasteiger partial charge on any atom is -0.449 e. The molecule has 0 saturated heterocycles. The van der Waals surface area contributed by atoms with Crippen LogP contribution in [-0.2, 0) is 4.74 Å². The van der Waals surface area contributed by atoms with Crippen LogP contribution in [0.5, 0.6) is 0 Å². The molecule has 0 radical (unpaired) electrons. The van der Waals surface area contributed by atoms with Gasteiger partial charge < -0.3 is 4.74 Å². The number of aryl methyl sites for hydroxylation is 2. The van der Waals surface area contributed by atoms with Gasteiger partial charge in [0.1, 0.15) is 0 Å². The molecule has 0 aliphatic carbocycles. The van der Waals surface area contributed by atoms with E-state index in [2.05, 4.69) is 15.6 Å². The summed E-state index contributed by atoms with van der Waals surface area (Å²) in [6, 6.07) is 11.8. The van der Waals surface area contributed by atoms with Gasteiger partial charge in [0.25, 0.3) is 5.91 Å². The molecule has 0 bridgehead atoms. The second kappa shape index (κ2) is 8.10. The van der Waals surface area contributed by atoms with Crippen LogP contribution in [0.15, 0.2) is 42.5 Å². The first kappa shape index (κ1) is 18.2. The molecule has 25 heavy (non-hydrogen) atoms. The fourth-order valence-corrected chi connectivity index (χ4v) is 2.26. The Kier molecular flexibility index (Phi) is 5.89. The number of amides is 2. The number of rotatable bonds is 4. The van der Waals surface area contributed by atoms with E-state index in [0.717, 1.165) is 11.1 Å². The standard InChI is InChI=1S/C19H20N2O4/c1-4-25-19(24)21-20-18(23)16-8-6-5-7-15(16)17(22)14-10-9-12(2)13(3)11-14/h5-11H,4H2,1-3H3,(H,20,23)(H,21,24). The molecule has 0 aliphatic rings. The predicted molar refractivity (Wildman–Crippen MR) is 93.4 cm³/mol. The molecular formula is C19H20N2O4. The lowest BCUT2D eigenvalue weighted by Crippen LogP contribution is -2.42. The summed E-state index contributed by atoms with van der Waals surface area (Å²) in [7, 11) is 0. The zero-order chi connectivity index (χ0) is 18.4. The van der Waals surface area contributed by atoms with Crippen molar-refractivity contribution in [1.29, 1.82) is 0 Å². The summed E-state index contributed by atoms with van der Waals surface area (Å²) in [5.41, 5.74) is 7.38. The van der Waals surface area contributed by atoms with Crippen molar-refractivity contribution in [3.05, 3.63) is 70.3 Å². The maximum absolute atomic E-state index is 12.8. The third kappa shape index (κ3) is 4.44. The topological polar surface area (TPSA) is 84.5 Å². The molecule has 0 saturated carbocycles. The first-order valence-electron chi connectivity index (χ1n) is 7.88. The van der Waals surface area contributed by atoms with Crippen LogP contribution in [0, 0.1) is 13.8 Å². The summed E-state index contributed by atoms with van der Waals surface area (Å²) in [4.78, 5) is 36.4. The highest BCUT2D eigenvalue weighted by Crippen LogP contribution is 2.17. The Bertz CT molecular complexity index is 815. The van der Waals surface area contributed by atoms with Crippen molar-refractivity contribution < 1.29 is 19.1 Å². The molecule has 2 rings (SSSR count). The van der Waals surface area contributed by atoms with Gasteiger partial charge >= 0.3 is 6.09 Å². The molecule has 0 fully saturated rings. The predicted octanol–water partition coefficient (Wildman–Crippen LogP) is 2.93. The van der Waals surface area contributed by atoms with Gasteiger partial charge in [-0.15, -0.1) is 0 Å². The monoisotopic (exact) mass is 340 g/mol. The third-order valence-corrected chi connectivity index (χ3v) is 3.74. The molecule has 6 nitrogen and oxygen atoms in total. The molecule has 130 valence electrons. The van der Waals surface area contributed by atoms with Crippen LogP contribution in [0.2, 0.25) is 0 Å². The van der Waals surface area contributed by atoms with Gasteiger partial charge in [0.2, 0.25) is 0 Å². The molecule has 0 aromatic heterocycles. The molecule has 0 aliphatic heterocycles. The number of ether oxygens (including phenoxy) is 1.